The molecule has 4 nitrogen and oxygen atoms in total. The summed E-state index contributed by atoms with van der Waals surface area (Å²) in [6, 6.07) is 8.53. The van der Waals surface area contributed by atoms with Crippen LogP contribution in [-0.4, -0.2) is 26.7 Å². The summed E-state index contributed by atoms with van der Waals surface area (Å²) in [7, 11) is -0.611. The maximum atomic E-state index is 11.3. The summed E-state index contributed by atoms with van der Waals surface area (Å²) in [6.07, 6.45) is 5.09. The Kier molecular flexibility index (Phi) is 3.64. The number of nitrogens with one attached hydrogen (secondary N) is 1. The van der Waals surface area contributed by atoms with Gasteiger partial charge in [-0.3, -0.25) is 4.21 Å². The highest BCUT2D eigenvalue weighted by Crippen LogP contribution is 2.23. The maximum absolute atomic E-state index is 11.3. The monoisotopic (exact) mass is 276 g/mol. The highest BCUT2D eigenvalue weighted by Gasteiger charge is 2.17. The molecule has 0 bridgehead atoms. The zero-order valence-corrected chi connectivity index (χ0v) is 11.4. The molecule has 5 heteroatoms. The van der Waals surface area contributed by atoms with Crippen molar-refractivity contribution in [1.29, 1.82) is 0 Å². The van der Waals surface area contributed by atoms with Crippen LogP contribution in [0.15, 0.2) is 41.3 Å². The van der Waals surface area contributed by atoms with Crippen molar-refractivity contribution in [3.63, 3.8) is 0 Å². The second-order valence-electron chi connectivity index (χ2n) is 4.71. The third-order valence-electron chi connectivity index (χ3n) is 3.34. The summed E-state index contributed by atoms with van der Waals surface area (Å²) < 4.78 is 16.6. The Balaban J connectivity index is 1.71. The van der Waals surface area contributed by atoms with Crippen LogP contribution in [0.4, 0.5) is 5.69 Å². The van der Waals surface area contributed by atoms with Crippen LogP contribution >= 0.6 is 0 Å². The van der Waals surface area contributed by atoms with E-state index in [4.69, 9.17) is 4.42 Å². The molecule has 1 aromatic carbocycles. The van der Waals surface area contributed by atoms with Gasteiger partial charge < -0.3 is 9.73 Å². The van der Waals surface area contributed by atoms with Gasteiger partial charge in [0.2, 0.25) is 0 Å². The lowest BCUT2D eigenvalue weighted by Gasteiger charge is -2.23. The summed E-state index contributed by atoms with van der Waals surface area (Å²) in [4.78, 5) is 3.93. The number of aromatic nitrogens is 1. The lowest BCUT2D eigenvalue weighted by atomic mass is 10.1. The van der Waals surface area contributed by atoms with Crippen LogP contribution in [0.5, 0.6) is 0 Å². The Labute approximate surface area is 114 Å². The first kappa shape index (κ1) is 12.4. The number of nitrogens with zero attached hydrogens (tertiary/aromatic N) is 1. The quantitative estimate of drug-likeness (QED) is 0.936. The Morgan fingerprint density at radius 3 is 2.89 bits per heavy atom. The number of hydrogen-bond donors (Lipinski definition) is 1. The van der Waals surface area contributed by atoms with E-state index in [0.29, 0.717) is 6.04 Å². The molecule has 19 heavy (non-hydrogen) atoms. The van der Waals surface area contributed by atoms with Crippen molar-refractivity contribution in [3.8, 4) is 11.3 Å². The summed E-state index contributed by atoms with van der Waals surface area (Å²) in [5.74, 6) is 2.38. The van der Waals surface area contributed by atoms with Gasteiger partial charge in [0, 0.05) is 39.6 Å². The molecule has 0 radical (unpaired) electrons. The summed E-state index contributed by atoms with van der Waals surface area (Å²) in [5.41, 5.74) is 2.09. The minimum absolute atomic E-state index is 0.419. The third kappa shape index (κ3) is 3.04. The van der Waals surface area contributed by atoms with E-state index in [-0.39, 0.29) is 0 Å². The predicted molar refractivity (Wildman–Crippen MR) is 76.5 cm³/mol. The standard InChI is InChI=1S/C14H16N2O2S/c17-19-6-4-12(5-7-19)16-13-3-1-2-11(8-13)14-9-15-10-18-14/h1-3,8-10,12,16H,4-7H2. The van der Waals surface area contributed by atoms with Crippen molar-refractivity contribution in [3.05, 3.63) is 36.9 Å². The molecule has 100 valence electrons. The minimum Gasteiger partial charge on any atom is -0.444 e. The molecule has 1 aromatic heterocycles. The van der Waals surface area contributed by atoms with Gasteiger partial charge in [0.05, 0.1) is 6.20 Å². The van der Waals surface area contributed by atoms with Crippen LogP contribution in [-0.2, 0) is 10.8 Å². The molecule has 1 fully saturated rings. The van der Waals surface area contributed by atoms with Gasteiger partial charge in [-0.1, -0.05) is 12.1 Å². The number of rotatable bonds is 3. The zero-order chi connectivity index (χ0) is 13.1. The predicted octanol–water partition coefficient (Wildman–Crippen LogP) is 2.66. The van der Waals surface area contributed by atoms with E-state index in [9.17, 15) is 4.21 Å². The molecule has 0 amide bonds. The van der Waals surface area contributed by atoms with Crippen LogP contribution in [0.25, 0.3) is 11.3 Å². The highest BCUT2D eigenvalue weighted by atomic mass is 32.2. The second-order valence-corrected chi connectivity index (χ2v) is 6.41. The van der Waals surface area contributed by atoms with Crippen molar-refractivity contribution in [2.75, 3.05) is 16.8 Å². The maximum Gasteiger partial charge on any atom is 0.181 e. The second kappa shape index (κ2) is 5.57. The SMILES string of the molecule is O=S1CCC(Nc2cccc(-c3cnco3)c2)CC1. The van der Waals surface area contributed by atoms with E-state index >= 15 is 0 Å². The Bertz CT molecular complexity index is 559. The molecule has 0 atom stereocenters. The smallest absolute Gasteiger partial charge is 0.181 e. The number of hydrogen-bond acceptors (Lipinski definition) is 4. The van der Waals surface area contributed by atoms with Gasteiger partial charge in [-0.15, -0.1) is 0 Å². The average molecular weight is 276 g/mol. The van der Waals surface area contributed by atoms with Gasteiger partial charge in [0.25, 0.3) is 0 Å². The molecule has 0 saturated carbocycles. The van der Waals surface area contributed by atoms with Crippen LogP contribution in [0, 0.1) is 0 Å². The van der Waals surface area contributed by atoms with E-state index in [2.05, 4.69) is 16.4 Å². The van der Waals surface area contributed by atoms with Crippen LogP contribution in [0.2, 0.25) is 0 Å². The molecule has 1 N–H and O–H groups in total. The van der Waals surface area contributed by atoms with Gasteiger partial charge in [-0.05, 0) is 25.0 Å². The average Bonchev–Trinajstić information content (AvgIpc) is 2.96. The fourth-order valence-electron chi connectivity index (χ4n) is 2.29. The van der Waals surface area contributed by atoms with Crippen LogP contribution in [0.1, 0.15) is 12.8 Å². The zero-order valence-electron chi connectivity index (χ0n) is 10.5. The molecule has 2 heterocycles. The number of benzene rings is 1. The van der Waals surface area contributed by atoms with E-state index in [1.54, 1.807) is 6.20 Å². The molecule has 3 rings (SSSR count). The lowest BCUT2D eigenvalue weighted by Crippen LogP contribution is -2.29. The number of anilines is 1. The van der Waals surface area contributed by atoms with Gasteiger partial charge >= 0.3 is 0 Å². The lowest BCUT2D eigenvalue weighted by molar-refractivity contribution is 0.572. The minimum atomic E-state index is -0.611. The summed E-state index contributed by atoms with van der Waals surface area (Å²) >= 11 is 0. The first-order valence-electron chi connectivity index (χ1n) is 6.42. The van der Waals surface area contributed by atoms with Gasteiger partial charge in [0.15, 0.2) is 12.2 Å². The van der Waals surface area contributed by atoms with Gasteiger partial charge in [0.1, 0.15) is 0 Å². The van der Waals surface area contributed by atoms with Gasteiger partial charge in [-0.2, -0.15) is 0 Å². The molecule has 1 aliphatic rings. The molecule has 0 spiro atoms. The van der Waals surface area contributed by atoms with Crippen LogP contribution in [0.3, 0.4) is 0 Å². The molecule has 2 aromatic rings. The molecule has 1 saturated heterocycles. The molecular weight excluding hydrogens is 260 g/mol. The summed E-state index contributed by atoms with van der Waals surface area (Å²) in [5, 5.41) is 3.51. The topological polar surface area (TPSA) is 55.1 Å². The Hall–Kier alpha value is -1.62. The van der Waals surface area contributed by atoms with Crippen molar-refractivity contribution >= 4 is 16.5 Å². The molecule has 0 aliphatic carbocycles. The first-order valence-corrected chi connectivity index (χ1v) is 7.90. The Morgan fingerprint density at radius 2 is 2.16 bits per heavy atom. The largest absolute Gasteiger partial charge is 0.444 e. The first-order chi connectivity index (χ1) is 9.31. The third-order valence-corrected chi connectivity index (χ3v) is 4.72. The van der Waals surface area contributed by atoms with Crippen molar-refractivity contribution in [2.24, 2.45) is 0 Å². The molecule has 0 unspecified atom stereocenters. The fraction of sp³-hybridized carbons (Fsp3) is 0.357. The van der Waals surface area contributed by atoms with Gasteiger partial charge in [-0.25, -0.2) is 4.98 Å². The van der Waals surface area contributed by atoms with Crippen molar-refractivity contribution in [2.45, 2.75) is 18.9 Å². The normalized spacial score (nSPS) is 23.2. The van der Waals surface area contributed by atoms with E-state index in [1.807, 2.05) is 18.2 Å². The Morgan fingerprint density at radius 1 is 1.32 bits per heavy atom. The van der Waals surface area contributed by atoms with E-state index in [0.717, 1.165) is 41.4 Å². The summed E-state index contributed by atoms with van der Waals surface area (Å²) in [6.45, 7) is 0. The van der Waals surface area contributed by atoms with E-state index < -0.39 is 10.8 Å². The molecule has 1 aliphatic heterocycles. The van der Waals surface area contributed by atoms with E-state index in [1.165, 1.54) is 6.39 Å². The van der Waals surface area contributed by atoms with Crippen molar-refractivity contribution < 1.29 is 8.63 Å². The highest BCUT2D eigenvalue weighted by molar-refractivity contribution is 7.85. The fourth-order valence-corrected chi connectivity index (χ4v) is 3.59. The number of oxazole rings is 1. The molecular formula is C14H16N2O2S. The van der Waals surface area contributed by atoms with Crippen LogP contribution < -0.4 is 5.32 Å². The van der Waals surface area contributed by atoms with Crippen molar-refractivity contribution in [1.82, 2.24) is 4.98 Å².